The maximum absolute atomic E-state index is 12.3. The fraction of sp³-hybridized carbons (Fsp3) is 0.158. The van der Waals surface area contributed by atoms with Crippen molar-refractivity contribution in [3.8, 4) is 5.75 Å². The molecular formula is C19H16N2O3. The lowest BCUT2D eigenvalue weighted by Crippen LogP contribution is -2.14. The van der Waals surface area contributed by atoms with Crippen LogP contribution in [0.2, 0.25) is 0 Å². The smallest absolute Gasteiger partial charge is 0.345 e. The van der Waals surface area contributed by atoms with E-state index in [2.05, 4.69) is 10.5 Å². The molecule has 1 aliphatic heterocycles. The summed E-state index contributed by atoms with van der Waals surface area (Å²) in [6.07, 6.45) is 0.621. The highest BCUT2D eigenvalue weighted by atomic mass is 16.5. The summed E-state index contributed by atoms with van der Waals surface area (Å²) in [5.41, 5.74) is 5.61. The number of fused-ring (bicyclic) bond motifs is 1. The molecule has 0 bridgehead atoms. The van der Waals surface area contributed by atoms with Gasteiger partial charge in [-0.2, -0.15) is 5.10 Å². The molecule has 1 unspecified atom stereocenters. The van der Waals surface area contributed by atoms with Gasteiger partial charge >= 0.3 is 5.63 Å². The van der Waals surface area contributed by atoms with Crippen molar-refractivity contribution in [2.75, 3.05) is 7.11 Å². The number of rotatable bonds is 3. The van der Waals surface area contributed by atoms with Gasteiger partial charge in [0.25, 0.3) is 0 Å². The van der Waals surface area contributed by atoms with Crippen molar-refractivity contribution in [1.82, 2.24) is 5.43 Å². The van der Waals surface area contributed by atoms with E-state index in [1.165, 1.54) is 0 Å². The third kappa shape index (κ3) is 2.54. The van der Waals surface area contributed by atoms with Crippen LogP contribution in [0.4, 0.5) is 0 Å². The molecule has 2 heterocycles. The summed E-state index contributed by atoms with van der Waals surface area (Å²) in [5, 5.41) is 5.24. The van der Waals surface area contributed by atoms with Crippen molar-refractivity contribution in [1.29, 1.82) is 0 Å². The van der Waals surface area contributed by atoms with Crippen LogP contribution in [-0.2, 0) is 0 Å². The van der Waals surface area contributed by atoms with Gasteiger partial charge in [-0.1, -0.05) is 30.3 Å². The van der Waals surface area contributed by atoms with Crippen molar-refractivity contribution in [3.63, 3.8) is 0 Å². The number of benzene rings is 2. The highest BCUT2D eigenvalue weighted by molar-refractivity contribution is 6.03. The number of methoxy groups -OCH3 is 1. The Balaban J connectivity index is 1.65. The van der Waals surface area contributed by atoms with Crippen LogP contribution >= 0.6 is 0 Å². The Morgan fingerprint density at radius 2 is 2.04 bits per heavy atom. The SMILES string of the molecule is COc1cccc(C2CC(c3cc4ccccc4oc3=O)=NN2)c1. The quantitative estimate of drug-likeness (QED) is 0.753. The number of nitrogens with one attached hydrogen (secondary N) is 1. The van der Waals surface area contributed by atoms with E-state index < -0.39 is 0 Å². The summed E-state index contributed by atoms with van der Waals surface area (Å²) in [7, 11) is 1.64. The maximum atomic E-state index is 12.3. The zero-order valence-electron chi connectivity index (χ0n) is 13.2. The molecule has 1 aliphatic rings. The summed E-state index contributed by atoms with van der Waals surface area (Å²) in [6, 6.07) is 17.2. The molecule has 2 aromatic carbocycles. The molecule has 0 saturated carbocycles. The van der Waals surface area contributed by atoms with Gasteiger partial charge in [0.2, 0.25) is 0 Å². The van der Waals surface area contributed by atoms with Gasteiger partial charge in [-0.15, -0.1) is 0 Å². The fourth-order valence-corrected chi connectivity index (χ4v) is 2.92. The van der Waals surface area contributed by atoms with Crippen molar-refractivity contribution in [2.24, 2.45) is 5.10 Å². The van der Waals surface area contributed by atoms with E-state index in [1.807, 2.05) is 48.5 Å². The van der Waals surface area contributed by atoms with Crippen LogP contribution in [0.15, 0.2) is 68.9 Å². The minimum absolute atomic E-state index is 0.0148. The molecule has 5 nitrogen and oxygen atoms in total. The van der Waals surface area contributed by atoms with Crippen LogP contribution in [0.5, 0.6) is 5.75 Å². The highest BCUT2D eigenvalue weighted by Gasteiger charge is 2.24. The van der Waals surface area contributed by atoms with E-state index >= 15 is 0 Å². The van der Waals surface area contributed by atoms with Gasteiger partial charge in [0.15, 0.2) is 0 Å². The van der Waals surface area contributed by atoms with Gasteiger partial charge in [-0.3, -0.25) is 0 Å². The monoisotopic (exact) mass is 320 g/mol. The lowest BCUT2D eigenvalue weighted by molar-refractivity contribution is 0.413. The van der Waals surface area contributed by atoms with Crippen LogP contribution in [0.1, 0.15) is 23.6 Å². The normalized spacial score (nSPS) is 16.7. The Bertz CT molecular complexity index is 991. The first kappa shape index (κ1) is 14.5. The summed E-state index contributed by atoms with van der Waals surface area (Å²) < 4.78 is 10.7. The average Bonchev–Trinajstić information content (AvgIpc) is 3.11. The first-order chi connectivity index (χ1) is 11.7. The second-order valence-electron chi connectivity index (χ2n) is 5.71. The third-order valence-corrected chi connectivity index (χ3v) is 4.20. The maximum Gasteiger partial charge on any atom is 0.345 e. The number of hydrazone groups is 1. The zero-order chi connectivity index (χ0) is 16.5. The second-order valence-corrected chi connectivity index (χ2v) is 5.71. The Hall–Kier alpha value is -3.08. The second kappa shape index (κ2) is 5.85. The van der Waals surface area contributed by atoms with Crippen LogP contribution in [-0.4, -0.2) is 12.8 Å². The zero-order valence-corrected chi connectivity index (χ0v) is 13.2. The highest BCUT2D eigenvalue weighted by Crippen LogP contribution is 2.27. The van der Waals surface area contributed by atoms with Gasteiger partial charge in [0.1, 0.15) is 11.3 Å². The summed E-state index contributed by atoms with van der Waals surface area (Å²) in [6.45, 7) is 0. The Labute approximate surface area is 138 Å². The lowest BCUT2D eigenvalue weighted by atomic mass is 9.99. The van der Waals surface area contributed by atoms with E-state index in [-0.39, 0.29) is 11.7 Å². The molecule has 1 atom stereocenters. The van der Waals surface area contributed by atoms with Crippen LogP contribution in [0.3, 0.4) is 0 Å². The molecule has 0 spiro atoms. The fourth-order valence-electron chi connectivity index (χ4n) is 2.92. The predicted octanol–water partition coefficient (Wildman–Crippen LogP) is 3.24. The van der Waals surface area contributed by atoms with Crippen molar-refractivity contribution in [2.45, 2.75) is 12.5 Å². The van der Waals surface area contributed by atoms with Crippen molar-refractivity contribution < 1.29 is 9.15 Å². The van der Waals surface area contributed by atoms with Crippen LogP contribution in [0, 0.1) is 0 Å². The number of para-hydroxylation sites is 1. The Morgan fingerprint density at radius 1 is 1.17 bits per heavy atom. The minimum Gasteiger partial charge on any atom is -0.497 e. The number of hydrogen-bond acceptors (Lipinski definition) is 5. The van der Waals surface area contributed by atoms with E-state index in [9.17, 15) is 4.79 Å². The van der Waals surface area contributed by atoms with Crippen LogP contribution < -0.4 is 15.8 Å². The molecule has 4 rings (SSSR count). The molecule has 0 saturated heterocycles. The molecule has 0 amide bonds. The van der Waals surface area contributed by atoms with Gasteiger partial charge < -0.3 is 14.6 Å². The number of nitrogens with zero attached hydrogens (tertiary/aromatic N) is 1. The first-order valence-corrected chi connectivity index (χ1v) is 7.74. The summed E-state index contributed by atoms with van der Waals surface area (Å²) in [5.74, 6) is 0.799. The molecule has 120 valence electrons. The molecule has 0 radical (unpaired) electrons. The topological polar surface area (TPSA) is 63.8 Å². The van der Waals surface area contributed by atoms with Crippen molar-refractivity contribution in [3.05, 3.63) is 76.1 Å². The molecule has 3 aromatic rings. The molecular weight excluding hydrogens is 304 g/mol. The molecule has 24 heavy (non-hydrogen) atoms. The minimum atomic E-state index is -0.361. The van der Waals surface area contributed by atoms with Crippen molar-refractivity contribution >= 4 is 16.7 Å². The van der Waals surface area contributed by atoms with E-state index in [0.29, 0.717) is 23.3 Å². The van der Waals surface area contributed by atoms with Crippen LogP contribution in [0.25, 0.3) is 11.0 Å². The van der Waals surface area contributed by atoms with E-state index in [4.69, 9.17) is 9.15 Å². The number of hydrogen-bond donors (Lipinski definition) is 1. The standard InChI is InChI=1S/C19H16N2O3/c1-23-14-7-4-6-12(9-14)16-11-17(21-20-16)15-10-13-5-2-3-8-18(13)24-19(15)22/h2-10,16,20H,11H2,1H3. The number of ether oxygens (including phenoxy) is 1. The molecule has 5 heteroatoms. The van der Waals surface area contributed by atoms with Gasteiger partial charge in [0, 0.05) is 11.8 Å². The van der Waals surface area contributed by atoms with E-state index in [0.717, 1.165) is 16.7 Å². The lowest BCUT2D eigenvalue weighted by Gasteiger charge is -2.11. The largest absolute Gasteiger partial charge is 0.497 e. The first-order valence-electron chi connectivity index (χ1n) is 7.74. The van der Waals surface area contributed by atoms with E-state index in [1.54, 1.807) is 13.2 Å². The molecule has 1 aromatic heterocycles. The van der Waals surface area contributed by atoms with Gasteiger partial charge in [0.05, 0.1) is 24.4 Å². The molecule has 0 fully saturated rings. The van der Waals surface area contributed by atoms with Gasteiger partial charge in [-0.25, -0.2) is 4.79 Å². The molecule has 0 aliphatic carbocycles. The summed E-state index contributed by atoms with van der Waals surface area (Å²) >= 11 is 0. The average molecular weight is 320 g/mol. The summed E-state index contributed by atoms with van der Waals surface area (Å²) in [4.78, 5) is 12.3. The Kier molecular flexibility index (Phi) is 3.54. The predicted molar refractivity (Wildman–Crippen MR) is 92.5 cm³/mol. The van der Waals surface area contributed by atoms with Gasteiger partial charge in [-0.05, 0) is 29.8 Å². The molecule has 1 N–H and O–H groups in total. The third-order valence-electron chi connectivity index (χ3n) is 4.20. The Morgan fingerprint density at radius 3 is 2.92 bits per heavy atom.